The zero-order chi connectivity index (χ0) is 16.9. The Balaban J connectivity index is 1.76. The van der Waals surface area contributed by atoms with Gasteiger partial charge in [0, 0.05) is 16.8 Å². The van der Waals surface area contributed by atoms with Gasteiger partial charge in [0.1, 0.15) is 5.76 Å². The van der Waals surface area contributed by atoms with E-state index in [-0.39, 0.29) is 19.1 Å². The highest BCUT2D eigenvalue weighted by atomic mass is 35.5. The summed E-state index contributed by atoms with van der Waals surface area (Å²) in [6.07, 6.45) is 1.57. The van der Waals surface area contributed by atoms with Gasteiger partial charge in [0.15, 0.2) is 5.76 Å². The summed E-state index contributed by atoms with van der Waals surface area (Å²) in [6, 6.07) is 12.2. The zero-order valence-corrected chi connectivity index (χ0v) is 13.8. The number of nitrogens with zero attached hydrogens (tertiary/aromatic N) is 2. The number of anilines is 1. The van der Waals surface area contributed by atoms with Gasteiger partial charge in [-0.2, -0.15) is 0 Å². The Morgan fingerprint density at radius 2 is 2.12 bits per heavy atom. The molecule has 7 heteroatoms. The van der Waals surface area contributed by atoms with Crippen LogP contribution in [0.25, 0.3) is 0 Å². The quantitative estimate of drug-likeness (QED) is 0.754. The van der Waals surface area contributed by atoms with Gasteiger partial charge in [-0.3, -0.25) is 4.90 Å². The van der Waals surface area contributed by atoms with Crippen LogP contribution < -0.4 is 10.2 Å². The van der Waals surface area contributed by atoms with Gasteiger partial charge in [-0.15, -0.1) is 0 Å². The largest absolute Gasteiger partial charge is 0.467 e. The predicted molar refractivity (Wildman–Crippen MR) is 89.8 cm³/mol. The van der Waals surface area contributed by atoms with Crippen molar-refractivity contribution >= 4 is 23.3 Å². The molecule has 1 aromatic carbocycles. The van der Waals surface area contributed by atoms with E-state index in [1.54, 1.807) is 41.5 Å². The second-order valence-corrected chi connectivity index (χ2v) is 5.68. The van der Waals surface area contributed by atoms with Crippen molar-refractivity contribution in [3.05, 3.63) is 71.0 Å². The lowest BCUT2D eigenvalue weighted by molar-refractivity contribution is 0.243. The van der Waals surface area contributed by atoms with Gasteiger partial charge in [0.05, 0.1) is 25.0 Å². The predicted octanol–water partition coefficient (Wildman–Crippen LogP) is 4.15. The van der Waals surface area contributed by atoms with Crippen molar-refractivity contribution in [2.75, 3.05) is 4.90 Å². The topological polar surface area (TPSA) is 71.5 Å². The summed E-state index contributed by atoms with van der Waals surface area (Å²) in [5.41, 5.74) is 1.44. The highest BCUT2D eigenvalue weighted by molar-refractivity contribution is 6.30. The molecule has 0 saturated carbocycles. The maximum absolute atomic E-state index is 12.6. The molecule has 2 heterocycles. The van der Waals surface area contributed by atoms with Crippen molar-refractivity contribution in [3.8, 4) is 0 Å². The van der Waals surface area contributed by atoms with Gasteiger partial charge < -0.3 is 14.3 Å². The van der Waals surface area contributed by atoms with Crippen LogP contribution in [0.15, 0.2) is 57.7 Å². The fourth-order valence-corrected chi connectivity index (χ4v) is 2.43. The number of amides is 2. The van der Waals surface area contributed by atoms with Crippen molar-refractivity contribution in [1.29, 1.82) is 0 Å². The summed E-state index contributed by atoms with van der Waals surface area (Å²) in [6.45, 7) is 2.35. The highest BCUT2D eigenvalue weighted by Crippen LogP contribution is 2.22. The molecule has 0 aliphatic heterocycles. The third-order valence-corrected chi connectivity index (χ3v) is 3.58. The Morgan fingerprint density at radius 1 is 1.25 bits per heavy atom. The average Bonchev–Trinajstić information content (AvgIpc) is 3.22. The van der Waals surface area contributed by atoms with Crippen LogP contribution in [-0.4, -0.2) is 11.2 Å². The number of carbonyl (C=O) groups is 1. The lowest BCUT2D eigenvalue weighted by atomic mass is 10.2. The molecule has 0 atom stereocenters. The molecule has 0 radical (unpaired) electrons. The third-order valence-electron chi connectivity index (χ3n) is 3.35. The SMILES string of the molecule is Cc1cc(CNC(=O)N(Cc2ccco2)c2cccc(Cl)c2)on1. The molecule has 6 nitrogen and oxygen atoms in total. The number of furan rings is 1. The van der Waals surface area contributed by atoms with Crippen molar-refractivity contribution in [1.82, 2.24) is 10.5 Å². The van der Waals surface area contributed by atoms with Crippen LogP contribution in [0.2, 0.25) is 5.02 Å². The number of halogens is 1. The number of aryl methyl sites for hydroxylation is 1. The number of hydrogen-bond donors (Lipinski definition) is 1. The Morgan fingerprint density at radius 3 is 2.79 bits per heavy atom. The molecule has 1 N–H and O–H groups in total. The molecule has 0 aliphatic rings. The van der Waals surface area contributed by atoms with Crippen LogP contribution in [0.5, 0.6) is 0 Å². The van der Waals surface area contributed by atoms with E-state index in [0.717, 1.165) is 5.69 Å². The molecule has 0 unspecified atom stereocenters. The molecular weight excluding hydrogens is 330 g/mol. The Hall–Kier alpha value is -2.73. The van der Waals surface area contributed by atoms with E-state index >= 15 is 0 Å². The van der Waals surface area contributed by atoms with E-state index in [1.165, 1.54) is 0 Å². The van der Waals surface area contributed by atoms with E-state index in [2.05, 4.69) is 10.5 Å². The molecule has 124 valence electrons. The minimum atomic E-state index is -0.289. The van der Waals surface area contributed by atoms with E-state index < -0.39 is 0 Å². The van der Waals surface area contributed by atoms with Crippen LogP contribution in [-0.2, 0) is 13.1 Å². The smallest absolute Gasteiger partial charge is 0.322 e. The standard InChI is InChI=1S/C17H16ClN3O3/c1-12-8-16(24-20-12)10-19-17(22)21(11-15-6-3-7-23-15)14-5-2-4-13(18)9-14/h2-9H,10-11H2,1H3,(H,19,22). The molecule has 0 saturated heterocycles. The second-order valence-electron chi connectivity index (χ2n) is 5.24. The minimum absolute atomic E-state index is 0.245. The van der Waals surface area contributed by atoms with Gasteiger partial charge in [-0.25, -0.2) is 4.79 Å². The second kappa shape index (κ2) is 7.23. The maximum atomic E-state index is 12.6. The average molecular weight is 346 g/mol. The van der Waals surface area contributed by atoms with Crippen LogP contribution in [0.3, 0.4) is 0 Å². The molecule has 3 aromatic rings. The number of hydrogen-bond acceptors (Lipinski definition) is 4. The first-order chi connectivity index (χ1) is 11.6. The highest BCUT2D eigenvalue weighted by Gasteiger charge is 2.18. The fourth-order valence-electron chi connectivity index (χ4n) is 2.24. The van der Waals surface area contributed by atoms with Gasteiger partial charge in [-0.1, -0.05) is 22.8 Å². The zero-order valence-electron chi connectivity index (χ0n) is 13.0. The van der Waals surface area contributed by atoms with E-state index in [1.807, 2.05) is 19.1 Å². The lowest BCUT2D eigenvalue weighted by Gasteiger charge is -2.22. The van der Waals surface area contributed by atoms with Gasteiger partial charge in [0.2, 0.25) is 0 Å². The van der Waals surface area contributed by atoms with Crippen LogP contribution >= 0.6 is 11.6 Å². The molecule has 3 rings (SSSR count). The molecule has 0 bridgehead atoms. The van der Waals surface area contributed by atoms with Gasteiger partial charge >= 0.3 is 6.03 Å². The number of nitrogens with one attached hydrogen (secondary N) is 1. The summed E-state index contributed by atoms with van der Waals surface area (Å²) in [5.74, 6) is 1.26. The summed E-state index contributed by atoms with van der Waals surface area (Å²) < 4.78 is 10.5. The van der Waals surface area contributed by atoms with Gasteiger partial charge in [0.25, 0.3) is 0 Å². The van der Waals surface area contributed by atoms with Crippen LogP contribution in [0.4, 0.5) is 10.5 Å². The molecule has 2 amide bonds. The van der Waals surface area contributed by atoms with Crippen molar-refractivity contribution < 1.29 is 13.7 Å². The summed E-state index contributed by atoms with van der Waals surface area (Å²) in [5, 5.41) is 7.16. The number of benzene rings is 1. The molecule has 2 aromatic heterocycles. The summed E-state index contributed by atoms with van der Waals surface area (Å²) >= 11 is 6.05. The molecule has 0 aliphatic carbocycles. The first-order valence-electron chi connectivity index (χ1n) is 7.37. The molecule has 24 heavy (non-hydrogen) atoms. The third kappa shape index (κ3) is 3.97. The van der Waals surface area contributed by atoms with Crippen molar-refractivity contribution in [3.63, 3.8) is 0 Å². The number of carbonyl (C=O) groups excluding carboxylic acids is 1. The monoisotopic (exact) mass is 345 g/mol. The first kappa shape index (κ1) is 16.1. The van der Waals surface area contributed by atoms with Crippen molar-refractivity contribution in [2.45, 2.75) is 20.0 Å². The van der Waals surface area contributed by atoms with E-state index in [0.29, 0.717) is 22.2 Å². The number of urea groups is 1. The normalized spacial score (nSPS) is 10.6. The molecule has 0 fully saturated rings. The minimum Gasteiger partial charge on any atom is -0.467 e. The Kier molecular flexibility index (Phi) is 4.86. The summed E-state index contributed by atoms with van der Waals surface area (Å²) in [7, 11) is 0. The number of rotatable bonds is 5. The van der Waals surface area contributed by atoms with E-state index in [4.69, 9.17) is 20.5 Å². The summed E-state index contributed by atoms with van der Waals surface area (Å²) in [4.78, 5) is 14.2. The van der Waals surface area contributed by atoms with E-state index in [9.17, 15) is 4.79 Å². The fraction of sp³-hybridized carbons (Fsp3) is 0.176. The number of aromatic nitrogens is 1. The lowest BCUT2D eigenvalue weighted by Crippen LogP contribution is -2.39. The van der Waals surface area contributed by atoms with Crippen LogP contribution in [0, 0.1) is 6.92 Å². The van der Waals surface area contributed by atoms with Crippen molar-refractivity contribution in [2.24, 2.45) is 0 Å². The molecule has 0 spiro atoms. The molecular formula is C17H16ClN3O3. The first-order valence-corrected chi connectivity index (χ1v) is 7.75. The van der Waals surface area contributed by atoms with Crippen LogP contribution in [0.1, 0.15) is 17.2 Å². The Bertz CT molecular complexity index is 814. The Labute approximate surface area is 144 Å². The maximum Gasteiger partial charge on any atom is 0.322 e. The van der Waals surface area contributed by atoms with Gasteiger partial charge in [-0.05, 0) is 37.3 Å².